The van der Waals surface area contributed by atoms with Crippen LogP contribution in [0.4, 0.5) is 4.79 Å². The van der Waals surface area contributed by atoms with Crippen molar-refractivity contribution in [2.24, 2.45) is 0 Å². The molecule has 0 aliphatic carbocycles. The Morgan fingerprint density at radius 1 is 1.26 bits per heavy atom. The van der Waals surface area contributed by atoms with E-state index in [2.05, 4.69) is 36.5 Å². The average molecular weight is 465 g/mol. The lowest BCUT2D eigenvalue weighted by molar-refractivity contribution is -0.119. The zero-order valence-corrected chi connectivity index (χ0v) is 17.9. The highest BCUT2D eigenvalue weighted by Gasteiger charge is 2.20. The number of nitrogens with one attached hydrogen (secondary N) is 2. The van der Waals surface area contributed by atoms with Gasteiger partial charge in [0.05, 0.1) is 15.5 Å². The number of aromatic nitrogens is 2. The second-order valence-corrected chi connectivity index (χ2v) is 8.92. The predicted molar refractivity (Wildman–Crippen MR) is 113 cm³/mol. The van der Waals surface area contributed by atoms with Gasteiger partial charge >= 0.3 is 6.03 Å². The van der Waals surface area contributed by atoms with Gasteiger partial charge in [-0.25, -0.2) is 14.8 Å². The second kappa shape index (κ2) is 8.81. The van der Waals surface area contributed by atoms with Crippen LogP contribution >= 0.6 is 39.0 Å². The molecule has 0 spiro atoms. The summed E-state index contributed by atoms with van der Waals surface area (Å²) in [7, 11) is 0. The fourth-order valence-corrected chi connectivity index (χ4v) is 4.67. The Kier molecular flexibility index (Phi) is 6.46. The SMILES string of the molecule is CCNC(=O)NC(=O)C(C)Sc1ncnc2cc(-c3ccc(Br)cc3)sc12. The molecule has 27 heavy (non-hydrogen) atoms. The van der Waals surface area contributed by atoms with Crippen molar-refractivity contribution in [3.8, 4) is 10.4 Å². The summed E-state index contributed by atoms with van der Waals surface area (Å²) in [5.41, 5.74) is 1.94. The summed E-state index contributed by atoms with van der Waals surface area (Å²) < 4.78 is 1.95. The van der Waals surface area contributed by atoms with Crippen LogP contribution in [0.1, 0.15) is 13.8 Å². The zero-order valence-electron chi connectivity index (χ0n) is 14.7. The number of nitrogens with zero attached hydrogens (tertiary/aromatic N) is 2. The Balaban J connectivity index is 1.81. The van der Waals surface area contributed by atoms with Crippen LogP contribution in [0.2, 0.25) is 0 Å². The minimum absolute atomic E-state index is 0.359. The molecule has 3 amide bonds. The van der Waals surface area contributed by atoms with Crippen LogP contribution in [0, 0.1) is 0 Å². The number of hydrogen-bond donors (Lipinski definition) is 2. The van der Waals surface area contributed by atoms with Gasteiger partial charge in [-0.2, -0.15) is 0 Å². The molecule has 2 aromatic heterocycles. The molecular weight excluding hydrogens is 448 g/mol. The smallest absolute Gasteiger partial charge is 0.321 e. The van der Waals surface area contributed by atoms with Crippen molar-refractivity contribution in [1.82, 2.24) is 20.6 Å². The van der Waals surface area contributed by atoms with Gasteiger partial charge in [-0.15, -0.1) is 11.3 Å². The summed E-state index contributed by atoms with van der Waals surface area (Å²) in [6.45, 7) is 4.00. The van der Waals surface area contributed by atoms with Gasteiger partial charge in [0.15, 0.2) is 0 Å². The van der Waals surface area contributed by atoms with E-state index in [4.69, 9.17) is 0 Å². The lowest BCUT2D eigenvalue weighted by Gasteiger charge is -2.11. The summed E-state index contributed by atoms with van der Waals surface area (Å²) in [5, 5.41) is 5.13. The molecule has 0 bridgehead atoms. The fourth-order valence-electron chi connectivity index (χ4n) is 2.31. The van der Waals surface area contributed by atoms with Crippen LogP contribution in [0.15, 0.2) is 46.2 Å². The molecule has 0 aliphatic rings. The van der Waals surface area contributed by atoms with Gasteiger partial charge in [0.25, 0.3) is 0 Å². The van der Waals surface area contributed by atoms with Crippen molar-refractivity contribution >= 4 is 61.2 Å². The molecule has 6 nitrogen and oxygen atoms in total. The van der Waals surface area contributed by atoms with Crippen LogP contribution in [-0.2, 0) is 4.79 Å². The van der Waals surface area contributed by atoms with Gasteiger partial charge in [-0.3, -0.25) is 10.1 Å². The van der Waals surface area contributed by atoms with E-state index in [1.165, 1.54) is 18.1 Å². The minimum atomic E-state index is -0.489. The Bertz CT molecular complexity index is 975. The molecule has 0 saturated carbocycles. The molecule has 0 radical (unpaired) electrons. The molecule has 2 heterocycles. The van der Waals surface area contributed by atoms with E-state index in [1.807, 2.05) is 30.3 Å². The van der Waals surface area contributed by atoms with Crippen LogP contribution < -0.4 is 10.6 Å². The molecule has 1 unspecified atom stereocenters. The van der Waals surface area contributed by atoms with Crippen molar-refractivity contribution in [2.45, 2.75) is 24.1 Å². The van der Waals surface area contributed by atoms with Gasteiger partial charge in [0, 0.05) is 15.9 Å². The zero-order chi connectivity index (χ0) is 19.4. The number of carbonyl (C=O) groups excluding carboxylic acids is 2. The van der Waals surface area contributed by atoms with Gasteiger partial charge in [0.2, 0.25) is 5.91 Å². The van der Waals surface area contributed by atoms with Crippen molar-refractivity contribution in [1.29, 1.82) is 0 Å². The number of fused-ring (bicyclic) bond motifs is 1. The lowest BCUT2D eigenvalue weighted by Crippen LogP contribution is -2.42. The third-order valence-corrected chi connectivity index (χ3v) is 6.58. The van der Waals surface area contributed by atoms with Crippen LogP contribution in [-0.4, -0.2) is 33.7 Å². The summed E-state index contributed by atoms with van der Waals surface area (Å²) in [5.74, 6) is -0.359. The highest BCUT2D eigenvalue weighted by molar-refractivity contribution is 9.10. The van der Waals surface area contributed by atoms with Gasteiger partial charge in [-0.05, 0) is 37.6 Å². The van der Waals surface area contributed by atoms with Crippen LogP contribution in [0.3, 0.4) is 0 Å². The maximum atomic E-state index is 12.2. The third-order valence-electron chi connectivity index (χ3n) is 3.64. The standard InChI is InChI=1S/C18H17BrN4O2S2/c1-3-20-18(25)23-16(24)10(2)26-17-15-13(21-9-22-17)8-14(27-15)11-4-6-12(19)7-5-11/h4-10H,3H2,1-2H3,(H2,20,23,24,25). The van der Waals surface area contributed by atoms with Crippen molar-refractivity contribution in [3.05, 3.63) is 41.1 Å². The molecule has 140 valence electrons. The first kappa shape index (κ1) is 19.8. The van der Waals surface area contributed by atoms with E-state index in [-0.39, 0.29) is 5.91 Å². The highest BCUT2D eigenvalue weighted by Crippen LogP contribution is 2.38. The Labute approximate surface area is 173 Å². The molecule has 3 aromatic rings. The first-order chi connectivity index (χ1) is 13.0. The summed E-state index contributed by atoms with van der Waals surface area (Å²) in [6.07, 6.45) is 1.50. The number of halogens is 1. The number of benzene rings is 1. The number of carbonyl (C=O) groups is 2. The topological polar surface area (TPSA) is 84.0 Å². The van der Waals surface area contributed by atoms with Gasteiger partial charge in [-0.1, -0.05) is 39.8 Å². The molecule has 9 heteroatoms. The molecule has 1 atom stereocenters. The van der Waals surface area contributed by atoms with E-state index < -0.39 is 11.3 Å². The normalized spacial score (nSPS) is 12.0. The summed E-state index contributed by atoms with van der Waals surface area (Å²) in [4.78, 5) is 33.5. The van der Waals surface area contributed by atoms with E-state index in [1.54, 1.807) is 25.2 Å². The first-order valence-electron chi connectivity index (χ1n) is 8.23. The number of thioether (sulfide) groups is 1. The average Bonchev–Trinajstić information content (AvgIpc) is 3.07. The predicted octanol–water partition coefficient (Wildman–Crippen LogP) is 4.45. The maximum absolute atomic E-state index is 12.2. The van der Waals surface area contributed by atoms with Crippen LogP contribution in [0.25, 0.3) is 20.7 Å². The number of amides is 3. The molecular formula is C18H17BrN4O2S2. The minimum Gasteiger partial charge on any atom is -0.338 e. The number of imide groups is 1. The molecule has 2 N–H and O–H groups in total. The number of rotatable bonds is 5. The molecule has 0 saturated heterocycles. The summed E-state index contributed by atoms with van der Waals surface area (Å²) >= 11 is 6.34. The number of thiophene rings is 1. The monoisotopic (exact) mass is 464 g/mol. The van der Waals surface area contributed by atoms with E-state index in [0.717, 1.165) is 30.2 Å². The van der Waals surface area contributed by atoms with Gasteiger partial charge < -0.3 is 5.32 Å². The lowest BCUT2D eigenvalue weighted by atomic mass is 10.2. The van der Waals surface area contributed by atoms with Crippen LogP contribution in [0.5, 0.6) is 0 Å². The quantitative estimate of drug-likeness (QED) is 0.430. The molecule has 3 rings (SSSR count). The largest absolute Gasteiger partial charge is 0.338 e. The second-order valence-electron chi connectivity index (χ2n) is 5.62. The number of urea groups is 1. The van der Waals surface area contributed by atoms with Crippen molar-refractivity contribution < 1.29 is 9.59 Å². The Morgan fingerprint density at radius 3 is 2.70 bits per heavy atom. The van der Waals surface area contributed by atoms with E-state index in [9.17, 15) is 9.59 Å². The fraction of sp³-hybridized carbons (Fsp3) is 0.222. The third kappa shape index (κ3) is 4.85. The van der Waals surface area contributed by atoms with Gasteiger partial charge in [0.1, 0.15) is 11.4 Å². The molecule has 0 fully saturated rings. The van der Waals surface area contributed by atoms with Crippen molar-refractivity contribution in [3.63, 3.8) is 0 Å². The molecule has 0 aliphatic heterocycles. The van der Waals surface area contributed by atoms with Crippen molar-refractivity contribution in [2.75, 3.05) is 6.54 Å². The van der Waals surface area contributed by atoms with E-state index >= 15 is 0 Å². The Morgan fingerprint density at radius 2 is 2.00 bits per heavy atom. The van der Waals surface area contributed by atoms with E-state index in [0.29, 0.717) is 6.54 Å². The molecule has 1 aromatic carbocycles. The Hall–Kier alpha value is -1.97. The highest BCUT2D eigenvalue weighted by atomic mass is 79.9. The first-order valence-corrected chi connectivity index (χ1v) is 10.7. The summed E-state index contributed by atoms with van der Waals surface area (Å²) in [6, 6.07) is 9.60. The maximum Gasteiger partial charge on any atom is 0.321 e. The number of hydrogen-bond acceptors (Lipinski definition) is 6.